The standard InChI is InChI=1S/C14H19F2NO/c15-12-4-3-11(14(16)7-12)9-17-8-10-1-5-13(18)6-2-10/h3-4,7,10,13,17-18H,1-2,5-6,8-9H2. The molecule has 1 saturated carbocycles. The zero-order valence-electron chi connectivity index (χ0n) is 10.3. The van der Waals surface area contributed by atoms with E-state index in [9.17, 15) is 13.9 Å². The maximum Gasteiger partial charge on any atom is 0.130 e. The molecule has 0 unspecified atom stereocenters. The largest absolute Gasteiger partial charge is 0.393 e. The fourth-order valence-corrected chi connectivity index (χ4v) is 2.42. The van der Waals surface area contributed by atoms with Gasteiger partial charge >= 0.3 is 0 Å². The Balaban J connectivity index is 1.75. The van der Waals surface area contributed by atoms with Gasteiger partial charge in [-0.2, -0.15) is 0 Å². The predicted molar refractivity (Wildman–Crippen MR) is 66.0 cm³/mol. The van der Waals surface area contributed by atoms with Crippen molar-refractivity contribution in [2.24, 2.45) is 5.92 Å². The molecule has 1 fully saturated rings. The predicted octanol–water partition coefficient (Wildman–Crippen LogP) is 2.61. The summed E-state index contributed by atoms with van der Waals surface area (Å²) in [6.07, 6.45) is 3.60. The number of hydrogen-bond acceptors (Lipinski definition) is 2. The molecule has 2 nitrogen and oxygen atoms in total. The fraction of sp³-hybridized carbons (Fsp3) is 0.571. The van der Waals surface area contributed by atoms with Crippen molar-refractivity contribution in [1.82, 2.24) is 5.32 Å². The molecule has 0 radical (unpaired) electrons. The second-order valence-electron chi connectivity index (χ2n) is 5.04. The minimum Gasteiger partial charge on any atom is -0.393 e. The van der Waals surface area contributed by atoms with Crippen molar-refractivity contribution < 1.29 is 13.9 Å². The Bertz CT molecular complexity index is 389. The van der Waals surface area contributed by atoms with Gasteiger partial charge in [0.15, 0.2) is 0 Å². The summed E-state index contributed by atoms with van der Waals surface area (Å²) in [6, 6.07) is 3.66. The lowest BCUT2D eigenvalue weighted by atomic mass is 9.87. The van der Waals surface area contributed by atoms with Gasteiger partial charge in [0.2, 0.25) is 0 Å². The zero-order valence-corrected chi connectivity index (χ0v) is 10.3. The van der Waals surface area contributed by atoms with Gasteiger partial charge in [-0.1, -0.05) is 6.07 Å². The van der Waals surface area contributed by atoms with Crippen molar-refractivity contribution in [3.05, 3.63) is 35.4 Å². The Kier molecular flexibility index (Phi) is 4.66. The van der Waals surface area contributed by atoms with Gasteiger partial charge in [0.25, 0.3) is 0 Å². The van der Waals surface area contributed by atoms with Crippen LogP contribution in [0.3, 0.4) is 0 Å². The minimum absolute atomic E-state index is 0.143. The molecule has 0 spiro atoms. The third-order valence-corrected chi connectivity index (χ3v) is 3.58. The van der Waals surface area contributed by atoms with Crippen LogP contribution in [0.1, 0.15) is 31.2 Å². The number of aliphatic hydroxyl groups excluding tert-OH is 1. The zero-order chi connectivity index (χ0) is 13.0. The van der Waals surface area contributed by atoms with E-state index in [1.807, 2.05) is 0 Å². The maximum absolute atomic E-state index is 13.4. The first-order chi connectivity index (χ1) is 8.65. The van der Waals surface area contributed by atoms with Gasteiger partial charge < -0.3 is 10.4 Å². The van der Waals surface area contributed by atoms with Crippen molar-refractivity contribution in [3.8, 4) is 0 Å². The van der Waals surface area contributed by atoms with Crippen molar-refractivity contribution >= 4 is 0 Å². The number of halogens is 2. The quantitative estimate of drug-likeness (QED) is 0.866. The van der Waals surface area contributed by atoms with E-state index in [0.717, 1.165) is 38.3 Å². The molecule has 4 heteroatoms. The third-order valence-electron chi connectivity index (χ3n) is 3.58. The molecular weight excluding hydrogens is 236 g/mol. The van der Waals surface area contributed by atoms with Crippen molar-refractivity contribution in [2.75, 3.05) is 6.54 Å². The van der Waals surface area contributed by atoms with Gasteiger partial charge in [-0.05, 0) is 44.2 Å². The molecule has 0 saturated heterocycles. The molecule has 0 aliphatic heterocycles. The van der Waals surface area contributed by atoms with Gasteiger partial charge in [-0.15, -0.1) is 0 Å². The molecule has 18 heavy (non-hydrogen) atoms. The summed E-state index contributed by atoms with van der Waals surface area (Å²) in [5.74, 6) is -0.490. The summed E-state index contributed by atoms with van der Waals surface area (Å²) in [4.78, 5) is 0. The normalized spacial score (nSPS) is 24.2. The summed E-state index contributed by atoms with van der Waals surface area (Å²) in [5.41, 5.74) is 0.493. The molecule has 0 atom stereocenters. The SMILES string of the molecule is OC1CCC(CNCc2ccc(F)cc2F)CC1. The van der Waals surface area contributed by atoms with E-state index in [4.69, 9.17) is 0 Å². The lowest BCUT2D eigenvalue weighted by Crippen LogP contribution is -2.27. The Morgan fingerprint density at radius 2 is 1.89 bits per heavy atom. The Labute approximate surface area is 106 Å². The highest BCUT2D eigenvalue weighted by atomic mass is 19.1. The van der Waals surface area contributed by atoms with Gasteiger partial charge in [0, 0.05) is 18.2 Å². The molecule has 0 heterocycles. The van der Waals surface area contributed by atoms with Gasteiger partial charge in [-0.25, -0.2) is 8.78 Å². The molecule has 0 bridgehead atoms. The first-order valence-electron chi connectivity index (χ1n) is 6.48. The molecule has 0 aromatic heterocycles. The topological polar surface area (TPSA) is 32.3 Å². The molecule has 1 aromatic rings. The van der Waals surface area contributed by atoms with Crippen LogP contribution in [0.4, 0.5) is 8.78 Å². The molecule has 1 aromatic carbocycles. The highest BCUT2D eigenvalue weighted by molar-refractivity contribution is 5.18. The maximum atomic E-state index is 13.4. The molecule has 1 aliphatic rings. The highest BCUT2D eigenvalue weighted by Gasteiger charge is 2.18. The second-order valence-corrected chi connectivity index (χ2v) is 5.04. The van der Waals surface area contributed by atoms with E-state index < -0.39 is 11.6 Å². The number of hydrogen-bond donors (Lipinski definition) is 2. The molecule has 2 rings (SSSR count). The second kappa shape index (κ2) is 6.25. The van der Waals surface area contributed by atoms with E-state index in [1.165, 1.54) is 12.1 Å². The van der Waals surface area contributed by atoms with E-state index in [1.54, 1.807) is 0 Å². The average Bonchev–Trinajstić information content (AvgIpc) is 2.34. The van der Waals surface area contributed by atoms with Crippen LogP contribution in [0.2, 0.25) is 0 Å². The third kappa shape index (κ3) is 3.75. The van der Waals surface area contributed by atoms with Crippen LogP contribution in [0.5, 0.6) is 0 Å². The molecule has 1 aliphatic carbocycles. The van der Waals surface area contributed by atoms with Gasteiger partial charge in [-0.3, -0.25) is 0 Å². The molecule has 2 N–H and O–H groups in total. The monoisotopic (exact) mass is 255 g/mol. The van der Waals surface area contributed by atoms with Crippen LogP contribution in [0.15, 0.2) is 18.2 Å². The van der Waals surface area contributed by atoms with E-state index in [-0.39, 0.29) is 6.10 Å². The van der Waals surface area contributed by atoms with E-state index >= 15 is 0 Å². The van der Waals surface area contributed by atoms with Crippen molar-refractivity contribution in [2.45, 2.75) is 38.3 Å². The number of aliphatic hydroxyl groups is 1. The molecular formula is C14H19F2NO. The fourth-order valence-electron chi connectivity index (χ4n) is 2.42. The summed E-state index contributed by atoms with van der Waals surface area (Å²) < 4.78 is 26.1. The van der Waals surface area contributed by atoms with E-state index in [0.29, 0.717) is 18.0 Å². The summed E-state index contributed by atoms with van der Waals surface area (Å²) >= 11 is 0. The van der Waals surface area contributed by atoms with Gasteiger partial charge in [0.05, 0.1) is 6.10 Å². The summed E-state index contributed by atoms with van der Waals surface area (Å²) in [7, 11) is 0. The van der Waals surface area contributed by atoms with Crippen LogP contribution < -0.4 is 5.32 Å². The smallest absolute Gasteiger partial charge is 0.130 e. The summed E-state index contributed by atoms with van der Waals surface area (Å²) in [6.45, 7) is 1.24. The van der Waals surface area contributed by atoms with Crippen molar-refractivity contribution in [1.29, 1.82) is 0 Å². The molecule has 100 valence electrons. The Hall–Kier alpha value is -1.00. The molecule has 0 amide bonds. The first-order valence-corrected chi connectivity index (χ1v) is 6.48. The number of nitrogens with one attached hydrogen (secondary N) is 1. The Morgan fingerprint density at radius 1 is 1.17 bits per heavy atom. The lowest BCUT2D eigenvalue weighted by molar-refractivity contribution is 0.108. The highest BCUT2D eigenvalue weighted by Crippen LogP contribution is 2.23. The summed E-state index contributed by atoms with van der Waals surface area (Å²) in [5, 5.41) is 12.6. The number of rotatable bonds is 4. The lowest BCUT2D eigenvalue weighted by Gasteiger charge is -2.25. The minimum atomic E-state index is -0.544. The van der Waals surface area contributed by atoms with Gasteiger partial charge in [0.1, 0.15) is 11.6 Å². The van der Waals surface area contributed by atoms with Crippen LogP contribution >= 0.6 is 0 Å². The van der Waals surface area contributed by atoms with Crippen LogP contribution in [-0.4, -0.2) is 17.8 Å². The van der Waals surface area contributed by atoms with Crippen LogP contribution in [0.25, 0.3) is 0 Å². The van der Waals surface area contributed by atoms with E-state index in [2.05, 4.69) is 5.32 Å². The average molecular weight is 255 g/mol. The Morgan fingerprint density at radius 3 is 2.56 bits per heavy atom. The van der Waals surface area contributed by atoms with Crippen LogP contribution in [0, 0.1) is 17.6 Å². The van der Waals surface area contributed by atoms with Crippen LogP contribution in [-0.2, 0) is 6.54 Å². The first kappa shape index (κ1) is 13.4. The van der Waals surface area contributed by atoms with Crippen molar-refractivity contribution in [3.63, 3.8) is 0 Å². The number of benzene rings is 1.